The lowest BCUT2D eigenvalue weighted by atomic mass is 10.1. The first-order valence-electron chi connectivity index (χ1n) is 7.07. The molecule has 3 aromatic rings. The minimum absolute atomic E-state index is 0.0574. The summed E-state index contributed by atoms with van der Waals surface area (Å²) in [5.74, 6) is -1.45. The van der Waals surface area contributed by atoms with Crippen LogP contribution in [0.1, 0.15) is 11.3 Å². The van der Waals surface area contributed by atoms with Gasteiger partial charge in [0.2, 0.25) is 5.91 Å². The van der Waals surface area contributed by atoms with Gasteiger partial charge in [0.05, 0.1) is 11.3 Å². The number of nitrogens with two attached hydrogens (primary N) is 1. The first-order chi connectivity index (χ1) is 11.3. The molecule has 123 valence electrons. The number of amides is 1. The van der Waals surface area contributed by atoms with Crippen LogP contribution < -0.4 is 5.73 Å². The van der Waals surface area contributed by atoms with E-state index in [1.165, 1.54) is 18.2 Å². The molecule has 0 aliphatic carbocycles. The number of primary amides is 1. The summed E-state index contributed by atoms with van der Waals surface area (Å²) in [5, 5.41) is 0.375. The number of fused-ring (bicyclic) bond motifs is 1. The molecule has 0 fully saturated rings. The Morgan fingerprint density at radius 2 is 1.83 bits per heavy atom. The quantitative estimate of drug-likeness (QED) is 0.788. The van der Waals surface area contributed by atoms with Crippen LogP contribution in [0.5, 0.6) is 0 Å². The van der Waals surface area contributed by atoms with Gasteiger partial charge in [0, 0.05) is 11.1 Å². The van der Waals surface area contributed by atoms with Gasteiger partial charge in [-0.2, -0.15) is 0 Å². The van der Waals surface area contributed by atoms with E-state index in [2.05, 4.69) is 0 Å². The Morgan fingerprint density at radius 1 is 1.17 bits per heavy atom. The van der Waals surface area contributed by atoms with Crippen molar-refractivity contribution in [3.63, 3.8) is 0 Å². The number of hydrogen-bond acceptors (Lipinski definition) is 3. The first-order valence-corrected chi connectivity index (χ1v) is 8.51. The zero-order valence-electron chi connectivity index (χ0n) is 12.7. The predicted molar refractivity (Wildman–Crippen MR) is 88.3 cm³/mol. The zero-order valence-corrected chi connectivity index (χ0v) is 13.5. The summed E-state index contributed by atoms with van der Waals surface area (Å²) >= 11 is 0. The van der Waals surface area contributed by atoms with Crippen LogP contribution in [-0.2, 0) is 14.8 Å². The van der Waals surface area contributed by atoms with Crippen molar-refractivity contribution in [1.82, 2.24) is 3.97 Å². The molecule has 1 amide bonds. The summed E-state index contributed by atoms with van der Waals surface area (Å²) in [6.45, 7) is 1.58. The maximum atomic E-state index is 14.6. The standard InChI is InChI=1S/C17H14FN2O3S/c1-11-7-13-8-12(10-16(19)21)9-15(18)17(13)20(11)24(22,23)14-5-3-2-4-6-14/h2-10H,1H3,(H2,19,21). The van der Waals surface area contributed by atoms with Crippen LogP contribution in [0.4, 0.5) is 4.39 Å². The van der Waals surface area contributed by atoms with Crippen molar-refractivity contribution in [2.45, 2.75) is 11.8 Å². The van der Waals surface area contributed by atoms with Crippen LogP contribution in [0, 0.1) is 19.2 Å². The summed E-state index contributed by atoms with van der Waals surface area (Å²) in [4.78, 5) is 11.0. The van der Waals surface area contributed by atoms with Crippen molar-refractivity contribution in [2.75, 3.05) is 0 Å². The molecule has 3 rings (SSSR count). The first kappa shape index (κ1) is 16.2. The van der Waals surface area contributed by atoms with E-state index in [0.717, 1.165) is 16.5 Å². The third kappa shape index (κ3) is 2.67. The second-order valence-electron chi connectivity index (χ2n) is 5.36. The fourth-order valence-corrected chi connectivity index (χ4v) is 4.26. The molecule has 0 spiro atoms. The van der Waals surface area contributed by atoms with E-state index in [0.29, 0.717) is 11.1 Å². The number of halogens is 1. The molecule has 5 nitrogen and oxygen atoms in total. The molecule has 0 saturated heterocycles. The van der Waals surface area contributed by atoms with Crippen LogP contribution in [0.25, 0.3) is 10.9 Å². The van der Waals surface area contributed by atoms with Gasteiger partial charge in [0.25, 0.3) is 10.0 Å². The van der Waals surface area contributed by atoms with Gasteiger partial charge in [0.1, 0.15) is 11.3 Å². The second-order valence-corrected chi connectivity index (χ2v) is 7.14. The molecule has 0 bridgehead atoms. The summed E-state index contributed by atoms with van der Waals surface area (Å²) in [6.07, 6.45) is 1.08. The Bertz CT molecular complexity index is 1040. The minimum Gasteiger partial charge on any atom is -0.369 e. The highest BCUT2D eigenvalue weighted by molar-refractivity contribution is 7.90. The van der Waals surface area contributed by atoms with E-state index < -0.39 is 21.7 Å². The maximum absolute atomic E-state index is 14.6. The summed E-state index contributed by atoms with van der Waals surface area (Å²) < 4.78 is 41.3. The predicted octanol–water partition coefficient (Wildman–Crippen LogP) is 2.36. The molecule has 7 heteroatoms. The van der Waals surface area contributed by atoms with Gasteiger partial charge in [-0.05, 0) is 42.8 Å². The van der Waals surface area contributed by atoms with E-state index in [1.807, 2.05) is 0 Å². The summed E-state index contributed by atoms with van der Waals surface area (Å²) in [7, 11) is -3.94. The molecule has 2 N–H and O–H groups in total. The third-order valence-corrected chi connectivity index (χ3v) is 5.41. The largest absolute Gasteiger partial charge is 0.369 e. The fourth-order valence-electron chi connectivity index (χ4n) is 2.68. The summed E-state index contributed by atoms with van der Waals surface area (Å²) in [6, 6.07) is 12.0. The average Bonchev–Trinajstić information content (AvgIpc) is 2.84. The topological polar surface area (TPSA) is 82.2 Å². The molecule has 0 saturated carbocycles. The Morgan fingerprint density at radius 3 is 2.46 bits per heavy atom. The Kier molecular flexibility index (Phi) is 3.88. The van der Waals surface area contributed by atoms with Gasteiger partial charge in [-0.15, -0.1) is 0 Å². The Balaban J connectivity index is 2.27. The van der Waals surface area contributed by atoms with Gasteiger partial charge >= 0.3 is 0 Å². The van der Waals surface area contributed by atoms with Crippen LogP contribution in [0.3, 0.4) is 0 Å². The average molecular weight is 345 g/mol. The van der Waals surface area contributed by atoms with E-state index in [9.17, 15) is 17.6 Å². The lowest BCUT2D eigenvalue weighted by Gasteiger charge is -2.11. The van der Waals surface area contributed by atoms with Crippen molar-refractivity contribution < 1.29 is 17.6 Å². The normalized spacial score (nSPS) is 11.8. The Hall–Kier alpha value is -2.67. The van der Waals surface area contributed by atoms with Crippen LogP contribution in [-0.4, -0.2) is 18.3 Å². The molecule has 0 aliphatic heterocycles. The zero-order chi connectivity index (χ0) is 17.5. The highest BCUT2D eigenvalue weighted by Gasteiger charge is 2.23. The van der Waals surface area contributed by atoms with Gasteiger partial charge < -0.3 is 5.73 Å². The third-order valence-electron chi connectivity index (χ3n) is 3.59. The number of aromatic nitrogens is 1. The number of hydrogen-bond donors (Lipinski definition) is 1. The van der Waals surface area contributed by atoms with Crippen LogP contribution in [0.15, 0.2) is 53.4 Å². The number of rotatable bonds is 4. The second kappa shape index (κ2) is 5.76. The Labute approximate surface area is 138 Å². The van der Waals surface area contributed by atoms with Crippen LogP contribution in [0.2, 0.25) is 0 Å². The van der Waals surface area contributed by atoms with Crippen LogP contribution >= 0.6 is 0 Å². The van der Waals surface area contributed by atoms with Gasteiger partial charge in [-0.1, -0.05) is 18.2 Å². The molecule has 1 radical (unpaired) electrons. The number of carbonyl (C=O) groups excluding carboxylic acids is 1. The van der Waals surface area contributed by atoms with E-state index in [-0.39, 0.29) is 16.0 Å². The van der Waals surface area contributed by atoms with Crippen molar-refractivity contribution in [2.24, 2.45) is 5.73 Å². The molecule has 24 heavy (non-hydrogen) atoms. The van der Waals surface area contributed by atoms with E-state index in [4.69, 9.17) is 5.73 Å². The number of benzene rings is 2. The van der Waals surface area contributed by atoms with Gasteiger partial charge in [0.15, 0.2) is 0 Å². The SMILES string of the molecule is Cc1cc2cc([CH]C(N)=O)cc(F)c2n1S(=O)(=O)c1ccccc1. The smallest absolute Gasteiger partial charge is 0.268 e. The summed E-state index contributed by atoms with van der Waals surface area (Å²) in [5.41, 5.74) is 5.67. The molecular weight excluding hydrogens is 331 g/mol. The highest BCUT2D eigenvalue weighted by atomic mass is 32.2. The van der Waals surface area contributed by atoms with Gasteiger partial charge in [-0.3, -0.25) is 4.79 Å². The molecule has 1 aromatic heterocycles. The lowest BCUT2D eigenvalue weighted by molar-refractivity contribution is -0.114. The minimum atomic E-state index is -3.94. The molecule has 2 aromatic carbocycles. The molecule has 1 heterocycles. The molecule has 0 atom stereocenters. The van der Waals surface area contributed by atoms with Crippen molar-refractivity contribution in [3.05, 3.63) is 72.0 Å². The van der Waals surface area contributed by atoms with Crippen molar-refractivity contribution >= 4 is 26.8 Å². The number of aryl methyl sites for hydroxylation is 1. The molecule has 0 unspecified atom stereocenters. The van der Waals surface area contributed by atoms with E-state index in [1.54, 1.807) is 31.2 Å². The van der Waals surface area contributed by atoms with Gasteiger partial charge in [-0.25, -0.2) is 16.8 Å². The number of nitrogens with zero attached hydrogens (tertiary/aromatic N) is 1. The molecule has 0 aliphatic rings. The lowest BCUT2D eigenvalue weighted by Crippen LogP contribution is -2.15. The van der Waals surface area contributed by atoms with Crippen molar-refractivity contribution in [3.8, 4) is 0 Å². The monoisotopic (exact) mass is 345 g/mol. The fraction of sp³-hybridized carbons (Fsp3) is 0.0588. The maximum Gasteiger partial charge on any atom is 0.268 e. The molecular formula is C17H14FN2O3S. The van der Waals surface area contributed by atoms with Crippen molar-refractivity contribution in [1.29, 1.82) is 0 Å². The highest BCUT2D eigenvalue weighted by Crippen LogP contribution is 2.28. The number of carbonyl (C=O) groups is 1. The van der Waals surface area contributed by atoms with E-state index >= 15 is 0 Å².